The first kappa shape index (κ1) is 15.6. The fourth-order valence-electron chi connectivity index (χ4n) is 2.87. The van der Waals surface area contributed by atoms with E-state index in [0.717, 1.165) is 25.9 Å². The topological polar surface area (TPSA) is 62.2 Å². The monoisotopic (exact) mass is 313 g/mol. The van der Waals surface area contributed by atoms with Gasteiger partial charge in [-0.1, -0.05) is 24.3 Å². The summed E-state index contributed by atoms with van der Waals surface area (Å²) in [4.78, 5) is 14.3. The highest BCUT2D eigenvalue weighted by molar-refractivity contribution is 5.88. The lowest BCUT2D eigenvalue weighted by atomic mass is 10.1. The molecule has 1 aromatic heterocycles. The third kappa shape index (κ3) is 3.90. The molecule has 0 bridgehead atoms. The summed E-state index contributed by atoms with van der Waals surface area (Å²) < 4.78 is 1.83. The minimum absolute atomic E-state index is 0.0852. The molecule has 1 aromatic carbocycles. The molecule has 0 aliphatic heterocycles. The van der Waals surface area contributed by atoms with Gasteiger partial charge in [-0.2, -0.15) is 5.10 Å². The van der Waals surface area contributed by atoms with E-state index in [0.29, 0.717) is 5.82 Å². The summed E-state index contributed by atoms with van der Waals surface area (Å²) in [5.41, 5.74) is 2.55. The van der Waals surface area contributed by atoms with Crippen LogP contribution in [0.5, 0.6) is 0 Å². The van der Waals surface area contributed by atoms with E-state index in [-0.39, 0.29) is 12.1 Å². The van der Waals surface area contributed by atoms with Crippen molar-refractivity contribution in [2.24, 2.45) is 0 Å². The lowest BCUT2D eigenvalue weighted by Crippen LogP contribution is -2.31. The lowest BCUT2D eigenvalue weighted by Gasteiger charge is -2.14. The van der Waals surface area contributed by atoms with Gasteiger partial charge in [0.2, 0.25) is 0 Å². The Morgan fingerprint density at radius 2 is 2.17 bits per heavy atom. The number of urea groups is 1. The largest absolute Gasteiger partial charge is 0.331 e. The fourth-order valence-corrected chi connectivity index (χ4v) is 2.87. The number of hydrogen-bond acceptors (Lipinski definition) is 3. The Hall–Kier alpha value is -2.34. The van der Waals surface area contributed by atoms with Crippen LogP contribution in [0.25, 0.3) is 0 Å². The molecule has 1 atom stereocenters. The van der Waals surface area contributed by atoms with Gasteiger partial charge in [0, 0.05) is 18.8 Å². The molecular formula is C17H23N5O. The second kappa shape index (κ2) is 6.83. The molecule has 0 saturated heterocycles. The Kier molecular flexibility index (Phi) is 4.62. The zero-order chi connectivity index (χ0) is 16.2. The highest BCUT2D eigenvalue weighted by Gasteiger charge is 2.23. The van der Waals surface area contributed by atoms with Crippen LogP contribution in [0.3, 0.4) is 0 Å². The summed E-state index contributed by atoms with van der Waals surface area (Å²) in [6, 6.07) is 9.97. The predicted octanol–water partition coefficient (Wildman–Crippen LogP) is 2.25. The molecule has 2 amide bonds. The number of carbonyl (C=O) groups is 1. The van der Waals surface area contributed by atoms with Crippen LogP contribution in [-0.4, -0.2) is 41.4 Å². The summed E-state index contributed by atoms with van der Waals surface area (Å²) >= 11 is 0. The van der Waals surface area contributed by atoms with Crippen LogP contribution >= 0.6 is 0 Å². The number of rotatable bonds is 5. The van der Waals surface area contributed by atoms with Gasteiger partial charge in [-0.3, -0.25) is 10.00 Å². The molecular weight excluding hydrogens is 290 g/mol. The number of carbonyl (C=O) groups excluding carboxylic acids is 1. The van der Waals surface area contributed by atoms with Crippen LogP contribution in [0, 0.1) is 0 Å². The minimum Gasteiger partial charge on any atom is -0.331 e. The second-order valence-corrected chi connectivity index (χ2v) is 6.16. The normalized spacial score (nSPS) is 16.4. The molecule has 0 radical (unpaired) electrons. The molecule has 2 aromatic rings. The summed E-state index contributed by atoms with van der Waals surface area (Å²) in [7, 11) is 4.05. The number of aromatic nitrogens is 2. The summed E-state index contributed by atoms with van der Waals surface area (Å²) in [6.45, 7) is 1.71. The average Bonchev–Trinajstić information content (AvgIpc) is 3.13. The van der Waals surface area contributed by atoms with Crippen molar-refractivity contribution in [1.82, 2.24) is 20.0 Å². The van der Waals surface area contributed by atoms with Crippen molar-refractivity contribution in [1.29, 1.82) is 0 Å². The highest BCUT2D eigenvalue weighted by Crippen LogP contribution is 2.30. The van der Waals surface area contributed by atoms with Crippen molar-refractivity contribution in [3.63, 3.8) is 0 Å². The van der Waals surface area contributed by atoms with E-state index in [1.807, 2.05) is 43.2 Å². The Balaban J connectivity index is 1.54. The van der Waals surface area contributed by atoms with Crippen molar-refractivity contribution in [2.45, 2.75) is 25.4 Å². The number of likely N-dealkylation sites (N-methyl/N-ethyl adjacent to an activating group) is 1. The molecule has 2 N–H and O–H groups in total. The smallest absolute Gasteiger partial charge is 0.320 e. The number of nitrogens with zero attached hydrogens (tertiary/aromatic N) is 3. The van der Waals surface area contributed by atoms with Gasteiger partial charge in [0.25, 0.3) is 0 Å². The van der Waals surface area contributed by atoms with Crippen LogP contribution in [0.1, 0.15) is 23.6 Å². The molecule has 0 unspecified atom stereocenters. The lowest BCUT2D eigenvalue weighted by molar-refractivity contribution is 0.248. The van der Waals surface area contributed by atoms with Crippen molar-refractivity contribution in [3.8, 4) is 0 Å². The van der Waals surface area contributed by atoms with Gasteiger partial charge in [-0.05, 0) is 38.1 Å². The zero-order valence-electron chi connectivity index (χ0n) is 13.6. The third-order valence-corrected chi connectivity index (χ3v) is 4.10. The van der Waals surface area contributed by atoms with E-state index in [1.54, 1.807) is 0 Å². The Morgan fingerprint density at radius 3 is 3.00 bits per heavy atom. The van der Waals surface area contributed by atoms with E-state index in [4.69, 9.17) is 0 Å². The Morgan fingerprint density at radius 1 is 1.35 bits per heavy atom. The minimum atomic E-state index is -0.204. The number of nitrogens with one attached hydrogen (secondary N) is 2. The summed E-state index contributed by atoms with van der Waals surface area (Å²) in [5, 5.41) is 10.2. The standard InChI is InChI=1S/C17H23N5O/c1-21(2)11-12-22-10-9-16(20-22)19-17(23)18-15-8-7-13-5-3-4-6-14(13)15/h3-6,9-10,15H,7-8,11-12H2,1-2H3,(H2,18,19,20,23)/t15-/m0/s1. The first-order valence-electron chi connectivity index (χ1n) is 7.95. The second-order valence-electron chi connectivity index (χ2n) is 6.16. The molecule has 23 heavy (non-hydrogen) atoms. The summed E-state index contributed by atoms with van der Waals surface area (Å²) in [5.74, 6) is 0.576. The summed E-state index contributed by atoms with van der Waals surface area (Å²) in [6.07, 6.45) is 3.84. The van der Waals surface area contributed by atoms with Crippen LogP contribution in [0.2, 0.25) is 0 Å². The molecule has 6 nitrogen and oxygen atoms in total. The van der Waals surface area contributed by atoms with E-state index < -0.39 is 0 Å². The number of amides is 2. The molecule has 1 aliphatic carbocycles. The van der Waals surface area contributed by atoms with Gasteiger partial charge in [-0.15, -0.1) is 0 Å². The molecule has 122 valence electrons. The van der Waals surface area contributed by atoms with Gasteiger partial charge >= 0.3 is 6.03 Å². The van der Waals surface area contributed by atoms with Gasteiger partial charge in [0.15, 0.2) is 5.82 Å². The van der Waals surface area contributed by atoms with Crippen LogP contribution in [0.4, 0.5) is 10.6 Å². The molecule has 6 heteroatoms. The van der Waals surface area contributed by atoms with E-state index in [9.17, 15) is 4.79 Å². The van der Waals surface area contributed by atoms with Crippen molar-refractivity contribution >= 4 is 11.8 Å². The van der Waals surface area contributed by atoms with Crippen molar-refractivity contribution < 1.29 is 4.79 Å². The SMILES string of the molecule is CN(C)CCn1ccc(NC(=O)N[C@H]2CCc3ccccc32)n1. The van der Waals surface area contributed by atoms with Gasteiger partial charge in [0.05, 0.1) is 12.6 Å². The van der Waals surface area contributed by atoms with E-state index >= 15 is 0 Å². The molecule has 0 spiro atoms. The Bertz CT molecular complexity index is 679. The number of aryl methyl sites for hydroxylation is 1. The number of fused-ring (bicyclic) bond motifs is 1. The van der Waals surface area contributed by atoms with E-state index in [1.165, 1.54) is 11.1 Å². The predicted molar refractivity (Wildman–Crippen MR) is 90.4 cm³/mol. The molecule has 0 saturated carbocycles. The van der Waals surface area contributed by atoms with Crippen molar-refractivity contribution in [3.05, 3.63) is 47.7 Å². The van der Waals surface area contributed by atoms with Gasteiger partial charge < -0.3 is 10.2 Å². The number of anilines is 1. The van der Waals surface area contributed by atoms with E-state index in [2.05, 4.69) is 32.8 Å². The van der Waals surface area contributed by atoms with Crippen LogP contribution in [0.15, 0.2) is 36.5 Å². The van der Waals surface area contributed by atoms with Crippen LogP contribution in [-0.2, 0) is 13.0 Å². The maximum atomic E-state index is 12.2. The van der Waals surface area contributed by atoms with Crippen molar-refractivity contribution in [2.75, 3.05) is 26.0 Å². The zero-order valence-corrected chi connectivity index (χ0v) is 13.6. The maximum absolute atomic E-state index is 12.2. The first-order valence-corrected chi connectivity index (χ1v) is 7.95. The first-order chi connectivity index (χ1) is 11.1. The third-order valence-electron chi connectivity index (χ3n) is 4.10. The molecule has 1 aliphatic rings. The van der Waals surface area contributed by atoms with Gasteiger partial charge in [-0.25, -0.2) is 4.79 Å². The average molecular weight is 313 g/mol. The fraction of sp³-hybridized carbons (Fsp3) is 0.412. The molecule has 3 rings (SSSR count). The van der Waals surface area contributed by atoms with Gasteiger partial charge in [0.1, 0.15) is 0 Å². The number of hydrogen-bond donors (Lipinski definition) is 2. The molecule has 0 fully saturated rings. The number of benzene rings is 1. The Labute approximate surface area is 136 Å². The molecule has 1 heterocycles. The highest BCUT2D eigenvalue weighted by atomic mass is 16.2. The van der Waals surface area contributed by atoms with Crippen LogP contribution < -0.4 is 10.6 Å². The maximum Gasteiger partial charge on any atom is 0.320 e. The quantitative estimate of drug-likeness (QED) is 0.890.